The van der Waals surface area contributed by atoms with Crippen LogP contribution in [0, 0.1) is 0 Å². The van der Waals surface area contributed by atoms with Crippen LogP contribution in [0.4, 0.5) is 0 Å². The van der Waals surface area contributed by atoms with Gasteiger partial charge < -0.3 is 10.4 Å². The summed E-state index contributed by atoms with van der Waals surface area (Å²) in [5.41, 5.74) is 2.46. The van der Waals surface area contributed by atoms with E-state index in [1.54, 1.807) is 6.07 Å². The van der Waals surface area contributed by atoms with Gasteiger partial charge in [-0.3, -0.25) is 9.89 Å². The number of carbonyl (C=O) groups excluding carboxylic acids is 1. The molecule has 2 atom stereocenters. The number of aliphatic hydroxyl groups is 1. The molecule has 3 rings (SSSR count). The fraction of sp³-hybridized carbons (Fsp3) is 0.231. The molecular weight excluding hydrogens is 230 g/mol. The number of benzene rings is 1. The Kier molecular flexibility index (Phi) is 2.60. The van der Waals surface area contributed by atoms with Crippen molar-refractivity contribution in [3.8, 4) is 0 Å². The molecule has 0 unspecified atom stereocenters. The second-order valence-electron chi connectivity index (χ2n) is 4.39. The summed E-state index contributed by atoms with van der Waals surface area (Å²) in [6.07, 6.45) is 1.52. The normalized spacial score (nSPS) is 21.6. The molecule has 0 radical (unpaired) electrons. The SMILES string of the molecule is O=C(N[C@@H]1c2ccccc2C[C@@H]1O)c1ccn[nH]1. The second-order valence-corrected chi connectivity index (χ2v) is 4.39. The minimum absolute atomic E-state index is 0.256. The highest BCUT2D eigenvalue weighted by atomic mass is 16.3. The van der Waals surface area contributed by atoms with E-state index < -0.39 is 6.10 Å². The fourth-order valence-corrected chi connectivity index (χ4v) is 2.35. The van der Waals surface area contributed by atoms with Crippen molar-refractivity contribution >= 4 is 5.91 Å². The zero-order chi connectivity index (χ0) is 12.5. The standard InChI is InChI=1S/C13H13N3O2/c17-11-7-8-3-1-2-4-9(8)12(11)15-13(18)10-5-6-14-16-10/h1-6,11-12,17H,7H2,(H,14,16)(H,15,18)/t11-,12+/m0/s1. The minimum atomic E-state index is -0.575. The van der Waals surface area contributed by atoms with Crippen LogP contribution < -0.4 is 5.32 Å². The number of aliphatic hydroxyl groups excluding tert-OH is 1. The van der Waals surface area contributed by atoms with Gasteiger partial charge >= 0.3 is 0 Å². The highest BCUT2D eigenvalue weighted by Gasteiger charge is 2.32. The molecule has 0 saturated carbocycles. The number of hydrogen-bond donors (Lipinski definition) is 3. The zero-order valence-electron chi connectivity index (χ0n) is 9.63. The van der Waals surface area contributed by atoms with Crippen LogP contribution in [0.15, 0.2) is 36.5 Å². The molecule has 0 spiro atoms. The largest absolute Gasteiger partial charge is 0.390 e. The lowest BCUT2D eigenvalue weighted by Gasteiger charge is -2.17. The molecular formula is C13H13N3O2. The predicted molar refractivity (Wildman–Crippen MR) is 64.9 cm³/mol. The lowest BCUT2D eigenvalue weighted by atomic mass is 10.1. The molecule has 2 aromatic rings. The van der Waals surface area contributed by atoms with Crippen molar-refractivity contribution in [3.05, 3.63) is 53.3 Å². The molecule has 0 aliphatic heterocycles. The molecule has 0 fully saturated rings. The molecule has 1 aliphatic rings. The van der Waals surface area contributed by atoms with E-state index >= 15 is 0 Å². The van der Waals surface area contributed by atoms with E-state index in [4.69, 9.17) is 0 Å². The first-order valence-corrected chi connectivity index (χ1v) is 5.82. The van der Waals surface area contributed by atoms with Crippen LogP contribution in [0.3, 0.4) is 0 Å². The Hall–Kier alpha value is -2.14. The first kappa shape index (κ1) is 11.0. The smallest absolute Gasteiger partial charge is 0.269 e. The molecule has 3 N–H and O–H groups in total. The van der Waals surface area contributed by atoms with Crippen LogP contribution >= 0.6 is 0 Å². The lowest BCUT2D eigenvalue weighted by Crippen LogP contribution is -2.34. The van der Waals surface area contributed by atoms with Crippen molar-refractivity contribution in [2.75, 3.05) is 0 Å². The van der Waals surface area contributed by atoms with Crippen LogP contribution in [0.5, 0.6) is 0 Å². The van der Waals surface area contributed by atoms with E-state index in [9.17, 15) is 9.90 Å². The van der Waals surface area contributed by atoms with Gasteiger partial charge in [-0.25, -0.2) is 0 Å². The topological polar surface area (TPSA) is 78.0 Å². The number of aromatic amines is 1. The molecule has 92 valence electrons. The minimum Gasteiger partial charge on any atom is -0.390 e. The van der Waals surface area contributed by atoms with E-state index in [0.717, 1.165) is 11.1 Å². The van der Waals surface area contributed by atoms with Crippen molar-refractivity contribution in [1.29, 1.82) is 0 Å². The molecule has 18 heavy (non-hydrogen) atoms. The van der Waals surface area contributed by atoms with Crippen molar-refractivity contribution < 1.29 is 9.90 Å². The molecule has 1 aromatic carbocycles. The van der Waals surface area contributed by atoms with Crippen LogP contribution in [0.25, 0.3) is 0 Å². The maximum atomic E-state index is 11.9. The van der Waals surface area contributed by atoms with E-state index in [1.165, 1.54) is 6.20 Å². The number of nitrogens with one attached hydrogen (secondary N) is 2. The summed E-state index contributed by atoms with van der Waals surface area (Å²) >= 11 is 0. The number of H-pyrrole nitrogens is 1. The second kappa shape index (κ2) is 4.27. The number of nitrogens with zero attached hydrogens (tertiary/aromatic N) is 1. The Balaban J connectivity index is 1.83. The highest BCUT2D eigenvalue weighted by Crippen LogP contribution is 2.31. The predicted octanol–water partition coefficient (Wildman–Crippen LogP) is 0.798. The van der Waals surface area contributed by atoms with Gasteiger partial charge in [0.25, 0.3) is 5.91 Å². The van der Waals surface area contributed by atoms with Gasteiger partial charge in [-0.05, 0) is 17.2 Å². The van der Waals surface area contributed by atoms with Gasteiger partial charge in [0.1, 0.15) is 5.69 Å². The summed E-state index contributed by atoms with van der Waals surface area (Å²) in [4.78, 5) is 11.9. The van der Waals surface area contributed by atoms with Gasteiger partial charge in [-0.15, -0.1) is 0 Å². The first-order chi connectivity index (χ1) is 8.75. The average molecular weight is 243 g/mol. The maximum Gasteiger partial charge on any atom is 0.269 e. The van der Waals surface area contributed by atoms with Gasteiger partial charge in [0, 0.05) is 12.6 Å². The first-order valence-electron chi connectivity index (χ1n) is 5.82. The average Bonchev–Trinajstić information content (AvgIpc) is 2.98. The van der Waals surface area contributed by atoms with E-state index in [1.807, 2.05) is 24.3 Å². The monoisotopic (exact) mass is 243 g/mol. The third-order valence-electron chi connectivity index (χ3n) is 3.24. The highest BCUT2D eigenvalue weighted by molar-refractivity contribution is 5.92. The Morgan fingerprint density at radius 1 is 1.39 bits per heavy atom. The van der Waals surface area contributed by atoms with Crippen molar-refractivity contribution in [3.63, 3.8) is 0 Å². The van der Waals surface area contributed by atoms with E-state index in [-0.39, 0.29) is 11.9 Å². The molecule has 5 heteroatoms. The Labute approximate surface area is 104 Å². The molecule has 1 heterocycles. The lowest BCUT2D eigenvalue weighted by molar-refractivity contribution is 0.0853. The molecule has 0 bridgehead atoms. The summed E-state index contributed by atoms with van der Waals surface area (Å²) in [6.45, 7) is 0. The van der Waals surface area contributed by atoms with Gasteiger partial charge in [-0.1, -0.05) is 24.3 Å². The number of amides is 1. The third-order valence-corrected chi connectivity index (χ3v) is 3.24. The Morgan fingerprint density at radius 2 is 2.22 bits per heavy atom. The fourth-order valence-electron chi connectivity index (χ4n) is 2.35. The van der Waals surface area contributed by atoms with Gasteiger partial charge in [-0.2, -0.15) is 5.10 Å². The zero-order valence-corrected chi connectivity index (χ0v) is 9.63. The number of rotatable bonds is 2. The molecule has 1 aromatic heterocycles. The van der Waals surface area contributed by atoms with Gasteiger partial charge in [0.05, 0.1) is 12.1 Å². The van der Waals surface area contributed by atoms with Crippen LogP contribution in [-0.4, -0.2) is 27.3 Å². The Bertz CT molecular complexity index is 565. The summed E-state index contributed by atoms with van der Waals surface area (Å²) in [5, 5.41) is 19.2. The van der Waals surface area contributed by atoms with Gasteiger partial charge in [0.2, 0.25) is 0 Å². The van der Waals surface area contributed by atoms with Crippen molar-refractivity contribution in [2.24, 2.45) is 0 Å². The maximum absolute atomic E-state index is 11.9. The van der Waals surface area contributed by atoms with Crippen LogP contribution in [0.1, 0.15) is 27.7 Å². The Morgan fingerprint density at radius 3 is 3.00 bits per heavy atom. The summed E-state index contributed by atoms with van der Waals surface area (Å²) in [7, 11) is 0. The van der Waals surface area contributed by atoms with Crippen LogP contribution in [0.2, 0.25) is 0 Å². The molecule has 0 saturated heterocycles. The molecule has 1 amide bonds. The number of carbonyl (C=O) groups is 1. The molecule has 1 aliphatic carbocycles. The number of hydrogen-bond acceptors (Lipinski definition) is 3. The van der Waals surface area contributed by atoms with Crippen LogP contribution in [-0.2, 0) is 6.42 Å². The molecule has 5 nitrogen and oxygen atoms in total. The van der Waals surface area contributed by atoms with Crippen molar-refractivity contribution in [1.82, 2.24) is 15.5 Å². The quantitative estimate of drug-likeness (QED) is 0.730. The van der Waals surface area contributed by atoms with E-state index in [2.05, 4.69) is 15.5 Å². The number of fused-ring (bicyclic) bond motifs is 1. The van der Waals surface area contributed by atoms with E-state index in [0.29, 0.717) is 12.1 Å². The summed E-state index contributed by atoms with van der Waals surface area (Å²) in [6, 6.07) is 9.00. The third kappa shape index (κ3) is 1.78. The summed E-state index contributed by atoms with van der Waals surface area (Å²) < 4.78 is 0. The summed E-state index contributed by atoms with van der Waals surface area (Å²) in [5.74, 6) is -0.256. The number of aromatic nitrogens is 2. The van der Waals surface area contributed by atoms with Gasteiger partial charge in [0.15, 0.2) is 0 Å². The van der Waals surface area contributed by atoms with Crippen molar-refractivity contribution in [2.45, 2.75) is 18.6 Å².